The number of hydrogen-bond donors (Lipinski definition) is 0. The van der Waals surface area contributed by atoms with Crippen molar-refractivity contribution in [1.82, 2.24) is 9.97 Å². The number of aryl methyl sites for hydroxylation is 1. The molecular formula is C11H8Br2N2O2S. The largest absolute Gasteiger partial charge is 0.464 e. The van der Waals surface area contributed by atoms with Crippen LogP contribution in [0.3, 0.4) is 0 Å². The summed E-state index contributed by atoms with van der Waals surface area (Å²) in [6.45, 7) is 1.83. The average Bonchev–Trinajstić information content (AvgIpc) is 2.70. The molecule has 0 unspecified atom stereocenters. The van der Waals surface area contributed by atoms with Gasteiger partial charge >= 0.3 is 5.97 Å². The van der Waals surface area contributed by atoms with E-state index in [1.807, 2.05) is 13.0 Å². The van der Waals surface area contributed by atoms with Crippen LogP contribution in [0.5, 0.6) is 0 Å². The van der Waals surface area contributed by atoms with Crippen LogP contribution in [-0.2, 0) is 4.74 Å². The van der Waals surface area contributed by atoms with Gasteiger partial charge in [-0.25, -0.2) is 9.78 Å². The van der Waals surface area contributed by atoms with Crippen LogP contribution in [0.15, 0.2) is 21.2 Å². The molecule has 0 saturated heterocycles. The Morgan fingerprint density at radius 2 is 2.17 bits per heavy atom. The molecule has 4 nitrogen and oxygen atoms in total. The van der Waals surface area contributed by atoms with Crippen LogP contribution in [-0.4, -0.2) is 23.0 Å². The lowest BCUT2D eigenvalue weighted by atomic mass is 10.3. The topological polar surface area (TPSA) is 52.1 Å². The van der Waals surface area contributed by atoms with Crippen LogP contribution in [0.1, 0.15) is 15.4 Å². The standard InChI is InChI=1S/C11H8Br2N2O2S/c1-5-8(11(16)17-2)15-10(18-5)9-7(13)3-6(12)4-14-9/h3-4H,1-2H3. The number of rotatable bonds is 2. The fourth-order valence-electron chi connectivity index (χ4n) is 1.36. The predicted molar refractivity (Wildman–Crippen MR) is 76.8 cm³/mol. The molecule has 0 N–H and O–H groups in total. The van der Waals surface area contributed by atoms with E-state index in [1.54, 1.807) is 6.20 Å². The smallest absolute Gasteiger partial charge is 0.357 e. The van der Waals surface area contributed by atoms with E-state index in [9.17, 15) is 4.79 Å². The maximum Gasteiger partial charge on any atom is 0.357 e. The summed E-state index contributed by atoms with van der Waals surface area (Å²) in [5.74, 6) is -0.428. The van der Waals surface area contributed by atoms with Gasteiger partial charge in [-0.1, -0.05) is 0 Å². The molecule has 0 fully saturated rings. The minimum absolute atomic E-state index is 0.342. The zero-order chi connectivity index (χ0) is 13.3. The fourth-order valence-corrected chi connectivity index (χ4v) is 3.57. The second-order valence-corrected chi connectivity index (χ2v) is 6.37. The molecule has 0 aliphatic carbocycles. The summed E-state index contributed by atoms with van der Waals surface area (Å²) >= 11 is 8.18. The second-order valence-electron chi connectivity index (χ2n) is 3.40. The summed E-state index contributed by atoms with van der Waals surface area (Å²) in [5.41, 5.74) is 1.05. The Bertz CT molecular complexity index is 613. The van der Waals surface area contributed by atoms with E-state index in [0.717, 1.165) is 13.8 Å². The van der Waals surface area contributed by atoms with Gasteiger partial charge < -0.3 is 4.74 Å². The number of nitrogens with zero attached hydrogens (tertiary/aromatic N) is 2. The number of carbonyl (C=O) groups excluding carboxylic acids is 1. The van der Waals surface area contributed by atoms with Crippen LogP contribution in [0.2, 0.25) is 0 Å². The highest BCUT2D eigenvalue weighted by atomic mass is 79.9. The van der Waals surface area contributed by atoms with Crippen molar-refractivity contribution >= 4 is 49.2 Å². The van der Waals surface area contributed by atoms with Gasteiger partial charge in [-0.05, 0) is 44.8 Å². The van der Waals surface area contributed by atoms with E-state index in [2.05, 4.69) is 46.6 Å². The molecule has 0 radical (unpaired) electrons. The number of thiazole rings is 1. The van der Waals surface area contributed by atoms with E-state index in [4.69, 9.17) is 0 Å². The highest BCUT2D eigenvalue weighted by Gasteiger charge is 2.18. The molecule has 2 heterocycles. The Hall–Kier alpha value is -0.790. The summed E-state index contributed by atoms with van der Waals surface area (Å²) in [6, 6.07) is 1.89. The maximum atomic E-state index is 11.5. The van der Waals surface area contributed by atoms with Gasteiger partial charge in [0.1, 0.15) is 10.7 Å². The van der Waals surface area contributed by atoms with Gasteiger partial charge in [0.05, 0.1) is 7.11 Å². The Labute approximate surface area is 125 Å². The number of hydrogen-bond acceptors (Lipinski definition) is 5. The lowest BCUT2D eigenvalue weighted by Gasteiger charge is -1.99. The minimum Gasteiger partial charge on any atom is -0.464 e. The zero-order valence-corrected chi connectivity index (χ0v) is 13.5. The molecule has 2 rings (SSSR count). The van der Waals surface area contributed by atoms with E-state index >= 15 is 0 Å². The summed E-state index contributed by atoms with van der Waals surface area (Å²) in [5, 5.41) is 0.687. The number of halogens is 2. The van der Waals surface area contributed by atoms with Gasteiger partial charge in [-0.15, -0.1) is 11.3 Å². The Kier molecular flexibility index (Phi) is 4.14. The third-order valence-corrected chi connectivity index (χ3v) is 4.20. The molecular weight excluding hydrogens is 384 g/mol. The highest BCUT2D eigenvalue weighted by molar-refractivity contribution is 9.11. The number of esters is 1. The molecule has 0 aliphatic rings. The SMILES string of the molecule is COC(=O)c1nc(-c2ncc(Br)cc2Br)sc1C. The molecule has 0 bridgehead atoms. The summed E-state index contributed by atoms with van der Waals surface area (Å²) in [6.07, 6.45) is 1.69. The summed E-state index contributed by atoms with van der Waals surface area (Å²) < 4.78 is 6.38. The Morgan fingerprint density at radius 1 is 1.44 bits per heavy atom. The van der Waals surface area contributed by atoms with Crippen molar-refractivity contribution in [2.24, 2.45) is 0 Å². The van der Waals surface area contributed by atoms with E-state index in [0.29, 0.717) is 16.4 Å². The zero-order valence-electron chi connectivity index (χ0n) is 9.53. The monoisotopic (exact) mass is 390 g/mol. The minimum atomic E-state index is -0.428. The van der Waals surface area contributed by atoms with Gasteiger partial charge in [-0.2, -0.15) is 0 Å². The Morgan fingerprint density at radius 3 is 2.78 bits per heavy atom. The van der Waals surface area contributed by atoms with Gasteiger partial charge in [0, 0.05) is 20.0 Å². The number of methoxy groups -OCH3 is 1. The summed E-state index contributed by atoms with van der Waals surface area (Å²) in [7, 11) is 1.34. The first-order valence-corrected chi connectivity index (χ1v) is 7.30. The second kappa shape index (κ2) is 5.46. The van der Waals surface area contributed by atoms with Crippen LogP contribution in [0.4, 0.5) is 0 Å². The third-order valence-electron chi connectivity index (χ3n) is 2.19. The van der Waals surface area contributed by atoms with Crippen LogP contribution < -0.4 is 0 Å². The Balaban J connectivity index is 2.49. The fraction of sp³-hybridized carbons (Fsp3) is 0.182. The van der Waals surface area contributed by atoms with Crippen molar-refractivity contribution in [3.05, 3.63) is 31.8 Å². The molecule has 0 amide bonds. The van der Waals surface area contributed by atoms with Crippen molar-refractivity contribution in [2.45, 2.75) is 6.92 Å². The van der Waals surface area contributed by atoms with Crippen molar-refractivity contribution < 1.29 is 9.53 Å². The predicted octanol–water partition coefficient (Wildman–Crippen LogP) is 3.83. The van der Waals surface area contributed by atoms with Crippen LogP contribution in [0, 0.1) is 6.92 Å². The van der Waals surface area contributed by atoms with Gasteiger partial charge in [-0.3, -0.25) is 4.98 Å². The van der Waals surface area contributed by atoms with Gasteiger partial charge in [0.25, 0.3) is 0 Å². The quantitative estimate of drug-likeness (QED) is 0.730. The molecule has 7 heteroatoms. The number of carbonyl (C=O) groups is 1. The first-order chi connectivity index (χ1) is 8.52. The van der Waals surface area contributed by atoms with E-state index in [1.165, 1.54) is 18.4 Å². The van der Waals surface area contributed by atoms with Gasteiger partial charge in [0.15, 0.2) is 5.69 Å². The first-order valence-electron chi connectivity index (χ1n) is 4.90. The molecule has 0 spiro atoms. The van der Waals surface area contributed by atoms with Crippen molar-refractivity contribution in [3.8, 4) is 10.7 Å². The number of aromatic nitrogens is 2. The van der Waals surface area contributed by atoms with Gasteiger partial charge in [0.2, 0.25) is 0 Å². The summed E-state index contributed by atoms with van der Waals surface area (Å²) in [4.78, 5) is 20.9. The maximum absolute atomic E-state index is 11.5. The molecule has 2 aromatic heterocycles. The van der Waals surface area contributed by atoms with E-state index < -0.39 is 5.97 Å². The number of pyridine rings is 1. The number of ether oxygens (including phenoxy) is 1. The molecule has 94 valence electrons. The van der Waals surface area contributed by atoms with Crippen LogP contribution in [0.25, 0.3) is 10.7 Å². The average molecular weight is 392 g/mol. The van der Waals surface area contributed by atoms with Crippen molar-refractivity contribution in [1.29, 1.82) is 0 Å². The van der Waals surface area contributed by atoms with Crippen molar-refractivity contribution in [3.63, 3.8) is 0 Å². The molecule has 2 aromatic rings. The third kappa shape index (κ3) is 2.62. The lowest BCUT2D eigenvalue weighted by molar-refractivity contribution is 0.0594. The normalized spacial score (nSPS) is 10.4. The highest BCUT2D eigenvalue weighted by Crippen LogP contribution is 2.32. The lowest BCUT2D eigenvalue weighted by Crippen LogP contribution is -2.03. The van der Waals surface area contributed by atoms with Crippen molar-refractivity contribution in [2.75, 3.05) is 7.11 Å². The molecule has 0 atom stereocenters. The first kappa shape index (κ1) is 13.6. The van der Waals surface area contributed by atoms with E-state index in [-0.39, 0.29) is 0 Å². The molecule has 0 saturated carbocycles. The molecule has 18 heavy (non-hydrogen) atoms. The molecule has 0 aliphatic heterocycles. The van der Waals surface area contributed by atoms with Crippen LogP contribution >= 0.6 is 43.2 Å². The molecule has 0 aromatic carbocycles.